The molecule has 2 N–H and O–H groups in total. The van der Waals surface area contributed by atoms with E-state index >= 15 is 0 Å². The number of likely N-dealkylation sites (tertiary alicyclic amines) is 1. The van der Waals surface area contributed by atoms with Crippen LogP contribution in [-0.2, 0) is 0 Å². The molecule has 1 aliphatic heterocycles. The molecule has 2 atom stereocenters. The molecule has 1 saturated heterocycles. The summed E-state index contributed by atoms with van der Waals surface area (Å²) in [4.78, 5) is 2.68. The largest absolute Gasteiger partial charge is 0.328 e. The highest BCUT2D eigenvalue weighted by Gasteiger charge is 2.62. The molecule has 2 nitrogen and oxygen atoms in total. The monoisotopic (exact) mass is 180 g/mol. The van der Waals surface area contributed by atoms with Gasteiger partial charge >= 0.3 is 0 Å². The molecular weight excluding hydrogens is 160 g/mol. The van der Waals surface area contributed by atoms with Gasteiger partial charge in [0, 0.05) is 25.2 Å². The smallest absolute Gasteiger partial charge is 0.0125 e. The molecule has 0 aromatic heterocycles. The van der Waals surface area contributed by atoms with E-state index in [1.54, 1.807) is 0 Å². The number of hydrogen-bond acceptors (Lipinski definition) is 2. The van der Waals surface area contributed by atoms with Crippen LogP contribution >= 0.6 is 0 Å². The van der Waals surface area contributed by atoms with E-state index in [4.69, 9.17) is 5.73 Å². The van der Waals surface area contributed by atoms with Crippen molar-refractivity contribution in [3.63, 3.8) is 0 Å². The summed E-state index contributed by atoms with van der Waals surface area (Å²) < 4.78 is 0. The Morgan fingerprint density at radius 2 is 1.69 bits per heavy atom. The predicted octanol–water partition coefficient (Wildman–Crippen LogP) is 1.06. The van der Waals surface area contributed by atoms with E-state index < -0.39 is 0 Å². The molecule has 0 radical (unpaired) electrons. The second-order valence-electron chi connectivity index (χ2n) is 5.87. The van der Waals surface area contributed by atoms with Crippen molar-refractivity contribution < 1.29 is 0 Å². The Kier molecular flexibility index (Phi) is 1.45. The van der Waals surface area contributed by atoms with Crippen molar-refractivity contribution in [2.24, 2.45) is 23.0 Å². The first kappa shape index (κ1) is 8.25. The quantitative estimate of drug-likeness (QED) is 0.654. The summed E-state index contributed by atoms with van der Waals surface area (Å²) in [5.41, 5.74) is 6.48. The van der Waals surface area contributed by atoms with Crippen molar-refractivity contribution in [1.82, 2.24) is 4.90 Å². The first-order valence-electron chi connectivity index (χ1n) is 5.58. The summed E-state index contributed by atoms with van der Waals surface area (Å²) in [6.45, 7) is 7.56. The molecule has 0 bridgehead atoms. The zero-order valence-corrected chi connectivity index (χ0v) is 8.66. The van der Waals surface area contributed by atoms with Crippen LogP contribution in [0.15, 0.2) is 0 Å². The first-order valence-corrected chi connectivity index (χ1v) is 5.58. The van der Waals surface area contributed by atoms with E-state index in [2.05, 4.69) is 18.7 Å². The van der Waals surface area contributed by atoms with Crippen LogP contribution in [-0.4, -0.2) is 30.1 Å². The number of hydrogen-bond donors (Lipinski definition) is 1. The maximum absolute atomic E-state index is 5.81. The molecule has 2 heteroatoms. The molecular formula is C11H20N2. The van der Waals surface area contributed by atoms with Gasteiger partial charge in [-0.25, -0.2) is 0 Å². The topological polar surface area (TPSA) is 29.3 Å². The normalized spacial score (nSPS) is 52.8. The summed E-state index contributed by atoms with van der Waals surface area (Å²) in [6.07, 6.45) is 2.50. The molecule has 1 heterocycles. The van der Waals surface area contributed by atoms with Gasteiger partial charge in [0.05, 0.1) is 0 Å². The van der Waals surface area contributed by atoms with Crippen LogP contribution in [0.25, 0.3) is 0 Å². The fourth-order valence-electron chi connectivity index (χ4n) is 3.39. The molecule has 13 heavy (non-hydrogen) atoms. The molecule has 2 saturated carbocycles. The molecule has 3 aliphatic rings. The van der Waals surface area contributed by atoms with Gasteiger partial charge in [-0.05, 0) is 30.1 Å². The number of nitrogens with two attached hydrogens (primary N) is 1. The van der Waals surface area contributed by atoms with E-state index in [-0.39, 0.29) is 0 Å². The lowest BCUT2D eigenvalue weighted by Crippen LogP contribution is -2.50. The lowest BCUT2D eigenvalue weighted by molar-refractivity contribution is 0.111. The van der Waals surface area contributed by atoms with Gasteiger partial charge in [0.25, 0.3) is 0 Å². The van der Waals surface area contributed by atoms with Gasteiger partial charge in [0.15, 0.2) is 0 Å². The van der Waals surface area contributed by atoms with Gasteiger partial charge < -0.3 is 5.73 Å². The third-order valence-corrected chi connectivity index (χ3v) is 4.82. The summed E-state index contributed by atoms with van der Waals surface area (Å²) in [5, 5.41) is 0. The molecule has 0 amide bonds. The summed E-state index contributed by atoms with van der Waals surface area (Å²) in [6, 6.07) is 1.36. The standard InChI is InChI=1S/C11H20N2/c1-11(2)9-5-13(6-10(9)11)8-3-7(12)4-8/h7-10H,3-6,12H2,1-2H3. The second-order valence-corrected chi connectivity index (χ2v) is 5.87. The minimum atomic E-state index is 0.509. The third kappa shape index (κ3) is 1.02. The average Bonchev–Trinajstić information content (AvgIpc) is 2.50. The van der Waals surface area contributed by atoms with Crippen LogP contribution in [0, 0.1) is 17.3 Å². The molecule has 3 rings (SSSR count). The molecule has 2 aliphatic carbocycles. The van der Waals surface area contributed by atoms with Crippen LogP contribution in [0.2, 0.25) is 0 Å². The number of fused-ring (bicyclic) bond motifs is 1. The van der Waals surface area contributed by atoms with Crippen LogP contribution in [0.5, 0.6) is 0 Å². The Hall–Kier alpha value is -0.0800. The minimum Gasteiger partial charge on any atom is -0.328 e. The highest BCUT2D eigenvalue weighted by Crippen LogP contribution is 2.62. The molecule has 2 unspecified atom stereocenters. The Bertz CT molecular complexity index is 216. The SMILES string of the molecule is CC1(C)C2CN(C3CC(N)C3)CC21. The van der Waals surface area contributed by atoms with Gasteiger partial charge in [-0.1, -0.05) is 13.8 Å². The lowest BCUT2D eigenvalue weighted by atomic mass is 9.86. The maximum atomic E-state index is 5.81. The predicted molar refractivity (Wildman–Crippen MR) is 53.3 cm³/mol. The molecule has 0 spiro atoms. The van der Waals surface area contributed by atoms with Crippen LogP contribution in [0.3, 0.4) is 0 Å². The summed E-state index contributed by atoms with van der Waals surface area (Å²) in [7, 11) is 0. The van der Waals surface area contributed by atoms with Crippen LogP contribution in [0.1, 0.15) is 26.7 Å². The van der Waals surface area contributed by atoms with Gasteiger partial charge in [-0.15, -0.1) is 0 Å². The average molecular weight is 180 g/mol. The third-order valence-electron chi connectivity index (χ3n) is 4.82. The highest BCUT2D eigenvalue weighted by molar-refractivity contribution is 5.13. The fraction of sp³-hybridized carbons (Fsp3) is 1.00. The summed E-state index contributed by atoms with van der Waals surface area (Å²) >= 11 is 0. The van der Waals surface area contributed by atoms with Crippen molar-refractivity contribution in [1.29, 1.82) is 0 Å². The van der Waals surface area contributed by atoms with Gasteiger partial charge in [0.2, 0.25) is 0 Å². The van der Waals surface area contributed by atoms with Gasteiger partial charge in [-0.2, -0.15) is 0 Å². The fourth-order valence-corrected chi connectivity index (χ4v) is 3.39. The van der Waals surface area contributed by atoms with Gasteiger partial charge in [0.1, 0.15) is 0 Å². The minimum absolute atomic E-state index is 0.509. The first-order chi connectivity index (χ1) is 6.09. The Morgan fingerprint density at radius 3 is 2.15 bits per heavy atom. The van der Waals surface area contributed by atoms with Gasteiger partial charge in [-0.3, -0.25) is 4.90 Å². The van der Waals surface area contributed by atoms with E-state index in [1.165, 1.54) is 25.9 Å². The van der Waals surface area contributed by atoms with Crippen LogP contribution < -0.4 is 5.73 Å². The van der Waals surface area contributed by atoms with E-state index in [9.17, 15) is 0 Å². The van der Waals surface area contributed by atoms with Crippen LogP contribution in [0.4, 0.5) is 0 Å². The van der Waals surface area contributed by atoms with E-state index in [1.807, 2.05) is 0 Å². The molecule has 0 aromatic rings. The zero-order valence-electron chi connectivity index (χ0n) is 8.66. The lowest BCUT2D eigenvalue weighted by Gasteiger charge is -2.40. The number of piperidine rings is 1. The summed E-state index contributed by atoms with van der Waals surface area (Å²) in [5.74, 6) is 2.01. The highest BCUT2D eigenvalue weighted by atomic mass is 15.2. The Morgan fingerprint density at radius 1 is 1.15 bits per heavy atom. The molecule has 74 valence electrons. The maximum Gasteiger partial charge on any atom is 0.0125 e. The molecule has 3 fully saturated rings. The van der Waals surface area contributed by atoms with Crippen molar-refractivity contribution in [3.05, 3.63) is 0 Å². The van der Waals surface area contributed by atoms with E-state index in [0.717, 1.165) is 17.9 Å². The van der Waals surface area contributed by atoms with Crippen molar-refractivity contribution in [3.8, 4) is 0 Å². The van der Waals surface area contributed by atoms with Crippen molar-refractivity contribution in [2.75, 3.05) is 13.1 Å². The second kappa shape index (κ2) is 2.29. The Balaban J connectivity index is 1.57. The van der Waals surface area contributed by atoms with Crippen molar-refractivity contribution in [2.45, 2.75) is 38.8 Å². The van der Waals surface area contributed by atoms with Crippen molar-refractivity contribution >= 4 is 0 Å². The zero-order chi connectivity index (χ0) is 9.22. The Labute approximate surface area is 80.5 Å². The number of nitrogens with zero attached hydrogens (tertiary/aromatic N) is 1. The molecule has 0 aromatic carbocycles. The van der Waals surface area contributed by atoms with E-state index in [0.29, 0.717) is 11.5 Å². The number of rotatable bonds is 1.